The van der Waals surface area contributed by atoms with Crippen LogP contribution in [0.2, 0.25) is 0 Å². The minimum absolute atomic E-state index is 0.0245. The van der Waals surface area contributed by atoms with E-state index in [1.807, 2.05) is 0 Å². The molecule has 0 atom stereocenters. The average Bonchev–Trinajstić information content (AvgIpc) is 2.81. The van der Waals surface area contributed by atoms with Crippen LogP contribution in [0.25, 0.3) is 5.69 Å². The molecule has 4 aromatic rings. The number of ether oxygens (including phenoxy) is 1. The number of rotatable bonds is 6. The number of hydrogen-bond donors (Lipinski definition) is 2. The van der Waals surface area contributed by atoms with Crippen LogP contribution in [-0.4, -0.2) is 26.6 Å². The van der Waals surface area contributed by atoms with Gasteiger partial charge in [-0.1, -0.05) is 18.2 Å². The van der Waals surface area contributed by atoms with Crippen molar-refractivity contribution in [3.05, 3.63) is 100 Å². The Morgan fingerprint density at radius 3 is 2.49 bits per heavy atom. The Balaban J connectivity index is 1.53. The van der Waals surface area contributed by atoms with Crippen LogP contribution in [0, 0.1) is 12.7 Å². The van der Waals surface area contributed by atoms with Gasteiger partial charge in [-0.25, -0.2) is 9.37 Å². The third-order valence-electron chi connectivity index (χ3n) is 4.79. The highest BCUT2D eigenvalue weighted by atomic mass is 19.1. The Hall–Kier alpha value is -4.86. The van der Waals surface area contributed by atoms with Crippen molar-refractivity contribution in [2.24, 2.45) is 0 Å². The van der Waals surface area contributed by atoms with Crippen molar-refractivity contribution in [1.82, 2.24) is 14.8 Å². The Morgan fingerprint density at radius 1 is 1.00 bits per heavy atom. The Bertz CT molecular complexity index is 1470. The van der Waals surface area contributed by atoms with E-state index in [0.29, 0.717) is 11.3 Å². The molecule has 2 aromatic carbocycles. The molecule has 0 bridgehead atoms. The fourth-order valence-electron chi connectivity index (χ4n) is 3.22. The molecule has 0 aliphatic rings. The summed E-state index contributed by atoms with van der Waals surface area (Å²) in [5, 5.41) is 9.31. The normalized spacial score (nSPS) is 10.5. The number of aryl methyl sites for hydroxylation is 1. The van der Waals surface area contributed by atoms with Gasteiger partial charge in [0.2, 0.25) is 5.91 Å². The van der Waals surface area contributed by atoms with Crippen molar-refractivity contribution < 1.29 is 18.7 Å². The summed E-state index contributed by atoms with van der Waals surface area (Å²) < 4.78 is 21.4. The highest BCUT2D eigenvalue weighted by molar-refractivity contribution is 6.03. The molecular weight excluding hydrogens is 453 g/mol. The summed E-state index contributed by atoms with van der Waals surface area (Å²) >= 11 is 0. The van der Waals surface area contributed by atoms with E-state index >= 15 is 0 Å². The number of aromatic nitrogens is 3. The molecule has 0 saturated carbocycles. The second kappa shape index (κ2) is 9.96. The van der Waals surface area contributed by atoms with Crippen LogP contribution in [0.3, 0.4) is 0 Å². The van der Waals surface area contributed by atoms with Crippen LogP contribution < -0.4 is 20.9 Å². The van der Waals surface area contributed by atoms with E-state index in [0.717, 1.165) is 10.7 Å². The second-order valence-electron chi connectivity index (χ2n) is 7.52. The van der Waals surface area contributed by atoms with Crippen LogP contribution in [-0.2, 0) is 4.79 Å². The van der Waals surface area contributed by atoms with Gasteiger partial charge in [-0.05, 0) is 42.8 Å². The minimum Gasteiger partial charge on any atom is -0.454 e. The van der Waals surface area contributed by atoms with Gasteiger partial charge in [0, 0.05) is 37.0 Å². The summed E-state index contributed by atoms with van der Waals surface area (Å²) in [6.07, 6.45) is 1.41. The minimum atomic E-state index is -0.723. The summed E-state index contributed by atoms with van der Waals surface area (Å²) in [5.41, 5.74) is 0.712. The number of nitrogens with one attached hydrogen (secondary N) is 2. The number of halogens is 1. The Labute approximate surface area is 199 Å². The van der Waals surface area contributed by atoms with Gasteiger partial charge in [-0.15, -0.1) is 0 Å². The molecule has 2 aromatic heterocycles. The third kappa shape index (κ3) is 5.56. The number of anilines is 2. The zero-order valence-electron chi connectivity index (χ0n) is 18.8. The predicted octanol–water partition coefficient (Wildman–Crippen LogP) is 4.08. The molecule has 0 spiro atoms. The van der Waals surface area contributed by atoms with Gasteiger partial charge in [0.15, 0.2) is 17.3 Å². The number of nitrogens with zero attached hydrogens (tertiary/aromatic N) is 3. The number of amides is 2. The third-order valence-corrected chi connectivity index (χ3v) is 4.79. The Kier molecular flexibility index (Phi) is 6.63. The highest BCUT2D eigenvalue weighted by Gasteiger charge is 2.16. The molecule has 2 heterocycles. The lowest BCUT2D eigenvalue weighted by atomic mass is 10.2. The molecule has 0 saturated heterocycles. The zero-order valence-corrected chi connectivity index (χ0v) is 18.8. The van der Waals surface area contributed by atoms with Crippen molar-refractivity contribution in [3.63, 3.8) is 0 Å². The Morgan fingerprint density at radius 2 is 1.77 bits per heavy atom. The number of hydrogen-bond acceptors (Lipinski definition) is 6. The van der Waals surface area contributed by atoms with Crippen molar-refractivity contribution in [2.75, 3.05) is 10.6 Å². The first-order valence-electron chi connectivity index (χ1n) is 10.5. The molecule has 0 aliphatic carbocycles. The molecule has 2 N–H and O–H groups in total. The molecule has 10 heteroatoms. The molecule has 9 nitrogen and oxygen atoms in total. The molecule has 0 fully saturated rings. The summed E-state index contributed by atoms with van der Waals surface area (Å²) in [6.45, 7) is 2.94. The lowest BCUT2D eigenvalue weighted by Crippen LogP contribution is -2.26. The summed E-state index contributed by atoms with van der Waals surface area (Å²) in [5.74, 6) is -1.19. The van der Waals surface area contributed by atoms with E-state index in [9.17, 15) is 18.8 Å². The first-order chi connectivity index (χ1) is 16.8. The van der Waals surface area contributed by atoms with Crippen LogP contribution in [0.1, 0.15) is 23.0 Å². The van der Waals surface area contributed by atoms with Gasteiger partial charge < -0.3 is 15.4 Å². The van der Waals surface area contributed by atoms with Crippen molar-refractivity contribution in [3.8, 4) is 17.2 Å². The van der Waals surface area contributed by atoms with Crippen molar-refractivity contribution in [2.45, 2.75) is 13.8 Å². The van der Waals surface area contributed by atoms with Crippen LogP contribution >= 0.6 is 0 Å². The largest absolute Gasteiger partial charge is 0.454 e. The van der Waals surface area contributed by atoms with Gasteiger partial charge in [-0.3, -0.25) is 14.4 Å². The molecule has 4 rings (SSSR count). The number of pyridine rings is 1. The van der Waals surface area contributed by atoms with Gasteiger partial charge in [0.1, 0.15) is 11.6 Å². The van der Waals surface area contributed by atoms with E-state index in [2.05, 4.69) is 20.7 Å². The van der Waals surface area contributed by atoms with E-state index < -0.39 is 11.7 Å². The number of para-hydroxylation sites is 1. The molecular formula is C25H20FN5O4. The van der Waals surface area contributed by atoms with E-state index in [-0.39, 0.29) is 40.2 Å². The summed E-state index contributed by atoms with van der Waals surface area (Å²) in [4.78, 5) is 40.4. The van der Waals surface area contributed by atoms with E-state index in [4.69, 9.17) is 4.74 Å². The number of benzene rings is 2. The molecule has 176 valence electrons. The van der Waals surface area contributed by atoms with Crippen molar-refractivity contribution in [1.29, 1.82) is 0 Å². The zero-order chi connectivity index (χ0) is 24.9. The maximum Gasteiger partial charge on any atom is 0.276 e. The smallest absolute Gasteiger partial charge is 0.276 e. The van der Waals surface area contributed by atoms with Gasteiger partial charge in [-0.2, -0.15) is 9.78 Å². The lowest BCUT2D eigenvalue weighted by Gasteiger charge is -2.12. The standard InChI is InChI=1S/C25H20FN5O4/c1-15-12-23(33)31(18-6-4-3-5-7-18)30-24(15)25(34)29-17-8-9-21(20(26)13-17)35-19-10-11-27-22(14-19)28-16(2)32/h3-14H,1-2H3,(H,29,34)(H,27,28,32). The molecule has 0 radical (unpaired) electrons. The van der Waals surface area contributed by atoms with E-state index in [1.54, 1.807) is 37.3 Å². The van der Waals surface area contributed by atoms with Crippen LogP contribution in [0.15, 0.2) is 77.7 Å². The van der Waals surface area contributed by atoms with Crippen molar-refractivity contribution >= 4 is 23.3 Å². The molecule has 35 heavy (non-hydrogen) atoms. The fourth-order valence-corrected chi connectivity index (χ4v) is 3.22. The second-order valence-corrected chi connectivity index (χ2v) is 7.52. The van der Waals surface area contributed by atoms with Crippen LogP contribution in [0.4, 0.5) is 15.9 Å². The maximum atomic E-state index is 14.7. The lowest BCUT2D eigenvalue weighted by molar-refractivity contribution is -0.114. The topological polar surface area (TPSA) is 115 Å². The number of carbonyl (C=O) groups is 2. The van der Waals surface area contributed by atoms with E-state index in [1.165, 1.54) is 43.5 Å². The fraction of sp³-hybridized carbons (Fsp3) is 0.0800. The SMILES string of the molecule is CC(=O)Nc1cc(Oc2ccc(NC(=O)c3nn(-c4ccccc4)c(=O)cc3C)cc2F)ccn1. The van der Waals surface area contributed by atoms with Crippen LogP contribution in [0.5, 0.6) is 11.5 Å². The molecule has 0 aliphatic heterocycles. The maximum absolute atomic E-state index is 14.7. The van der Waals surface area contributed by atoms with Gasteiger partial charge >= 0.3 is 0 Å². The number of carbonyl (C=O) groups excluding carboxylic acids is 2. The first-order valence-corrected chi connectivity index (χ1v) is 10.5. The van der Waals surface area contributed by atoms with Gasteiger partial charge in [0.05, 0.1) is 5.69 Å². The summed E-state index contributed by atoms with van der Waals surface area (Å²) in [6, 6.07) is 16.9. The highest BCUT2D eigenvalue weighted by Crippen LogP contribution is 2.28. The molecule has 0 unspecified atom stereocenters. The van der Waals surface area contributed by atoms with Gasteiger partial charge in [0.25, 0.3) is 11.5 Å². The summed E-state index contributed by atoms with van der Waals surface area (Å²) in [7, 11) is 0. The monoisotopic (exact) mass is 473 g/mol. The quantitative estimate of drug-likeness (QED) is 0.436. The molecule has 2 amide bonds. The first kappa shape index (κ1) is 23.3. The predicted molar refractivity (Wildman–Crippen MR) is 128 cm³/mol. The average molecular weight is 473 g/mol.